The van der Waals surface area contributed by atoms with Crippen LogP contribution in [0.15, 0.2) is 18.2 Å². The minimum atomic E-state index is -0.740. The second-order valence-electron chi connectivity index (χ2n) is 5.23. The molecule has 0 heterocycles. The molecule has 3 N–H and O–H groups in total. The summed E-state index contributed by atoms with van der Waals surface area (Å²) in [6.07, 6.45) is -0.740. The Morgan fingerprint density at radius 1 is 1.35 bits per heavy atom. The molecular formula is C13H20FNO2. The fourth-order valence-electron chi connectivity index (χ4n) is 1.61. The Hall–Kier alpha value is -1.13. The molecule has 0 aliphatic carbocycles. The van der Waals surface area contributed by atoms with E-state index in [0.29, 0.717) is 5.56 Å². The van der Waals surface area contributed by atoms with Crippen LogP contribution in [0, 0.1) is 11.2 Å². The van der Waals surface area contributed by atoms with Gasteiger partial charge in [0.1, 0.15) is 0 Å². The third-order valence-corrected chi connectivity index (χ3v) is 2.79. The van der Waals surface area contributed by atoms with Gasteiger partial charge in [0, 0.05) is 0 Å². The first-order valence-corrected chi connectivity index (χ1v) is 5.54. The second-order valence-corrected chi connectivity index (χ2v) is 5.23. The summed E-state index contributed by atoms with van der Waals surface area (Å²) in [4.78, 5) is 0. The van der Waals surface area contributed by atoms with E-state index in [4.69, 9.17) is 10.5 Å². The van der Waals surface area contributed by atoms with Crippen LogP contribution in [0.25, 0.3) is 0 Å². The molecule has 0 radical (unpaired) electrons. The normalized spacial score (nSPS) is 15.5. The van der Waals surface area contributed by atoms with Crippen LogP contribution in [0.4, 0.5) is 4.39 Å². The molecule has 0 aromatic heterocycles. The minimum absolute atomic E-state index is 0.172. The van der Waals surface area contributed by atoms with Crippen molar-refractivity contribution in [1.29, 1.82) is 0 Å². The SMILES string of the molecule is COc1ccc([C@H](N)[C@H](O)C(C)(C)C)cc1F. The summed E-state index contributed by atoms with van der Waals surface area (Å²) in [6, 6.07) is 3.87. The van der Waals surface area contributed by atoms with Gasteiger partial charge in [-0.2, -0.15) is 0 Å². The van der Waals surface area contributed by atoms with E-state index in [2.05, 4.69) is 0 Å². The zero-order valence-corrected chi connectivity index (χ0v) is 10.7. The van der Waals surface area contributed by atoms with E-state index in [1.165, 1.54) is 19.2 Å². The predicted molar refractivity (Wildman–Crippen MR) is 65.3 cm³/mol. The van der Waals surface area contributed by atoms with Crippen LogP contribution in [0.1, 0.15) is 32.4 Å². The van der Waals surface area contributed by atoms with Gasteiger partial charge in [0.2, 0.25) is 0 Å². The highest BCUT2D eigenvalue weighted by Gasteiger charge is 2.29. The second kappa shape index (κ2) is 5.02. The smallest absolute Gasteiger partial charge is 0.165 e. The number of aliphatic hydroxyl groups is 1. The Morgan fingerprint density at radius 3 is 2.35 bits per heavy atom. The van der Waals surface area contributed by atoms with Gasteiger partial charge in [0.25, 0.3) is 0 Å². The van der Waals surface area contributed by atoms with Gasteiger partial charge in [-0.1, -0.05) is 26.8 Å². The summed E-state index contributed by atoms with van der Waals surface area (Å²) >= 11 is 0. The lowest BCUT2D eigenvalue weighted by molar-refractivity contribution is 0.0400. The Morgan fingerprint density at radius 2 is 1.94 bits per heavy atom. The zero-order chi connectivity index (χ0) is 13.2. The summed E-state index contributed by atoms with van der Waals surface area (Å²) in [5, 5.41) is 10.0. The molecule has 0 amide bonds. The van der Waals surface area contributed by atoms with E-state index in [0.717, 1.165) is 0 Å². The number of aliphatic hydroxyl groups excluding tert-OH is 1. The molecule has 0 saturated carbocycles. The van der Waals surface area contributed by atoms with Crippen molar-refractivity contribution in [3.63, 3.8) is 0 Å². The van der Waals surface area contributed by atoms with Gasteiger partial charge < -0.3 is 15.6 Å². The Kier molecular flexibility index (Phi) is 4.11. The van der Waals surface area contributed by atoms with Gasteiger partial charge in [-0.05, 0) is 23.1 Å². The first-order chi connectivity index (χ1) is 7.77. The van der Waals surface area contributed by atoms with E-state index < -0.39 is 18.0 Å². The minimum Gasteiger partial charge on any atom is -0.494 e. The van der Waals surface area contributed by atoms with Crippen molar-refractivity contribution in [3.05, 3.63) is 29.6 Å². The Balaban J connectivity index is 2.97. The van der Waals surface area contributed by atoms with Crippen molar-refractivity contribution < 1.29 is 14.2 Å². The molecule has 17 heavy (non-hydrogen) atoms. The fourth-order valence-corrected chi connectivity index (χ4v) is 1.61. The highest BCUT2D eigenvalue weighted by molar-refractivity contribution is 5.31. The quantitative estimate of drug-likeness (QED) is 0.853. The van der Waals surface area contributed by atoms with Crippen molar-refractivity contribution >= 4 is 0 Å². The lowest BCUT2D eigenvalue weighted by Crippen LogP contribution is -2.37. The first kappa shape index (κ1) is 13.9. The molecule has 0 unspecified atom stereocenters. The van der Waals surface area contributed by atoms with Crippen LogP contribution < -0.4 is 10.5 Å². The molecule has 0 aliphatic rings. The number of methoxy groups -OCH3 is 1. The van der Waals surface area contributed by atoms with Crippen LogP contribution in [-0.2, 0) is 0 Å². The summed E-state index contributed by atoms with van der Waals surface area (Å²) in [6.45, 7) is 5.66. The summed E-state index contributed by atoms with van der Waals surface area (Å²) in [5.74, 6) is -0.298. The first-order valence-electron chi connectivity index (χ1n) is 5.54. The maximum absolute atomic E-state index is 13.5. The highest BCUT2D eigenvalue weighted by atomic mass is 19.1. The van der Waals surface area contributed by atoms with Crippen LogP contribution in [0.2, 0.25) is 0 Å². The van der Waals surface area contributed by atoms with Crippen molar-refractivity contribution in [2.24, 2.45) is 11.1 Å². The average Bonchev–Trinajstić information content (AvgIpc) is 2.25. The van der Waals surface area contributed by atoms with Crippen LogP contribution in [0.3, 0.4) is 0 Å². The monoisotopic (exact) mass is 241 g/mol. The molecule has 3 nitrogen and oxygen atoms in total. The van der Waals surface area contributed by atoms with Crippen LogP contribution in [0.5, 0.6) is 5.75 Å². The van der Waals surface area contributed by atoms with Gasteiger partial charge in [-0.25, -0.2) is 4.39 Å². The Bertz CT molecular complexity index is 387. The van der Waals surface area contributed by atoms with Gasteiger partial charge >= 0.3 is 0 Å². The molecule has 1 aromatic rings. The number of nitrogens with two attached hydrogens (primary N) is 1. The number of hydrogen-bond acceptors (Lipinski definition) is 3. The van der Waals surface area contributed by atoms with Gasteiger partial charge in [0.05, 0.1) is 19.3 Å². The molecule has 0 saturated heterocycles. The molecule has 1 aromatic carbocycles. The molecule has 96 valence electrons. The molecule has 0 spiro atoms. The third-order valence-electron chi connectivity index (χ3n) is 2.79. The van der Waals surface area contributed by atoms with Gasteiger partial charge in [0.15, 0.2) is 11.6 Å². The molecule has 0 fully saturated rings. The molecule has 2 atom stereocenters. The van der Waals surface area contributed by atoms with E-state index in [1.807, 2.05) is 20.8 Å². The van der Waals surface area contributed by atoms with Gasteiger partial charge in [-0.15, -0.1) is 0 Å². The highest BCUT2D eigenvalue weighted by Crippen LogP contribution is 2.30. The van der Waals surface area contributed by atoms with E-state index in [1.54, 1.807) is 6.07 Å². The summed E-state index contributed by atoms with van der Waals surface area (Å²) in [5.41, 5.74) is 6.14. The van der Waals surface area contributed by atoms with Crippen molar-refractivity contribution in [2.75, 3.05) is 7.11 Å². The number of benzene rings is 1. The largest absolute Gasteiger partial charge is 0.494 e. The van der Waals surface area contributed by atoms with Gasteiger partial charge in [-0.3, -0.25) is 0 Å². The van der Waals surface area contributed by atoms with E-state index >= 15 is 0 Å². The topological polar surface area (TPSA) is 55.5 Å². The summed E-state index contributed by atoms with van der Waals surface area (Å²) in [7, 11) is 1.40. The van der Waals surface area contributed by atoms with E-state index in [9.17, 15) is 9.50 Å². The molecule has 0 aliphatic heterocycles. The van der Waals surface area contributed by atoms with Crippen molar-refractivity contribution in [3.8, 4) is 5.75 Å². The van der Waals surface area contributed by atoms with E-state index in [-0.39, 0.29) is 11.2 Å². The zero-order valence-electron chi connectivity index (χ0n) is 10.7. The molecule has 0 bridgehead atoms. The lowest BCUT2D eigenvalue weighted by Gasteiger charge is -2.31. The molecular weight excluding hydrogens is 221 g/mol. The number of hydrogen-bond donors (Lipinski definition) is 2. The predicted octanol–water partition coefficient (Wildman–Crippen LogP) is 2.24. The average molecular weight is 241 g/mol. The standard InChI is InChI=1S/C13H20FNO2/c1-13(2,3)12(16)11(15)8-5-6-10(17-4)9(14)7-8/h5-7,11-12,16H,15H2,1-4H3/t11-,12-/m0/s1. The van der Waals surface area contributed by atoms with Crippen LogP contribution in [-0.4, -0.2) is 18.3 Å². The lowest BCUT2D eigenvalue weighted by atomic mass is 9.82. The number of ether oxygens (including phenoxy) is 1. The number of halogens is 1. The maximum Gasteiger partial charge on any atom is 0.165 e. The number of rotatable bonds is 3. The third kappa shape index (κ3) is 3.17. The fraction of sp³-hybridized carbons (Fsp3) is 0.538. The van der Waals surface area contributed by atoms with Crippen molar-refractivity contribution in [1.82, 2.24) is 0 Å². The van der Waals surface area contributed by atoms with Crippen LogP contribution >= 0.6 is 0 Å². The maximum atomic E-state index is 13.5. The molecule has 1 rings (SSSR count). The summed E-state index contributed by atoms with van der Waals surface area (Å²) < 4.78 is 18.3. The molecule has 4 heteroatoms. The van der Waals surface area contributed by atoms with Crippen molar-refractivity contribution in [2.45, 2.75) is 32.9 Å². The Labute approximate surface area is 101 Å².